The van der Waals surface area contributed by atoms with Gasteiger partial charge in [-0.15, -0.1) is 0 Å². The van der Waals surface area contributed by atoms with Crippen LogP contribution >= 0.6 is 0 Å². The van der Waals surface area contributed by atoms with E-state index >= 15 is 0 Å². The van der Waals surface area contributed by atoms with Crippen molar-refractivity contribution < 1.29 is 22.7 Å². The Labute approximate surface area is 164 Å². The Bertz CT molecular complexity index is 1010. The monoisotopic (exact) mass is 402 g/mol. The van der Waals surface area contributed by atoms with Crippen LogP contribution in [0.5, 0.6) is 11.5 Å². The van der Waals surface area contributed by atoms with Gasteiger partial charge in [-0.25, -0.2) is 8.42 Å². The van der Waals surface area contributed by atoms with Gasteiger partial charge in [0.1, 0.15) is 11.5 Å². The molecule has 2 aliphatic rings. The maximum absolute atomic E-state index is 12.9. The Morgan fingerprint density at radius 1 is 1.07 bits per heavy atom. The van der Waals surface area contributed by atoms with Gasteiger partial charge < -0.3 is 14.4 Å². The summed E-state index contributed by atoms with van der Waals surface area (Å²) in [6, 6.07) is 9.75. The van der Waals surface area contributed by atoms with Crippen LogP contribution in [-0.2, 0) is 21.2 Å². The van der Waals surface area contributed by atoms with Crippen molar-refractivity contribution in [2.75, 3.05) is 30.4 Å². The van der Waals surface area contributed by atoms with Crippen molar-refractivity contribution in [3.63, 3.8) is 0 Å². The lowest BCUT2D eigenvalue weighted by Crippen LogP contribution is -2.30. The van der Waals surface area contributed by atoms with E-state index in [2.05, 4.69) is 4.72 Å². The first-order chi connectivity index (χ1) is 13.4. The third-order valence-corrected chi connectivity index (χ3v) is 6.43. The molecule has 1 saturated carbocycles. The van der Waals surface area contributed by atoms with Crippen LogP contribution < -0.4 is 19.1 Å². The van der Waals surface area contributed by atoms with Crippen molar-refractivity contribution in [2.45, 2.75) is 24.2 Å². The first-order valence-corrected chi connectivity index (χ1v) is 10.6. The van der Waals surface area contributed by atoms with Crippen molar-refractivity contribution in [3.05, 3.63) is 42.0 Å². The fourth-order valence-corrected chi connectivity index (χ4v) is 4.50. The Kier molecular flexibility index (Phi) is 4.66. The molecule has 0 aromatic heterocycles. The molecule has 2 aromatic rings. The second kappa shape index (κ2) is 7.01. The van der Waals surface area contributed by atoms with Crippen molar-refractivity contribution in [3.8, 4) is 11.5 Å². The second-order valence-corrected chi connectivity index (χ2v) is 8.69. The zero-order valence-electron chi connectivity index (χ0n) is 15.8. The highest BCUT2D eigenvalue weighted by Crippen LogP contribution is 2.37. The molecule has 2 aromatic carbocycles. The average molecular weight is 402 g/mol. The van der Waals surface area contributed by atoms with Gasteiger partial charge in [0.2, 0.25) is 5.91 Å². The van der Waals surface area contributed by atoms with Crippen LogP contribution in [-0.4, -0.2) is 35.1 Å². The molecular weight excluding hydrogens is 380 g/mol. The minimum absolute atomic E-state index is 0.138. The highest BCUT2D eigenvalue weighted by molar-refractivity contribution is 7.92. The van der Waals surface area contributed by atoms with Crippen LogP contribution in [0.4, 0.5) is 11.4 Å². The SMILES string of the molecule is COc1cc(NS(=O)(=O)c2ccc3c(c2)CCN3C(=O)C2CC2)cc(OC)c1. The van der Waals surface area contributed by atoms with Crippen molar-refractivity contribution >= 4 is 27.3 Å². The van der Waals surface area contributed by atoms with E-state index in [9.17, 15) is 13.2 Å². The minimum Gasteiger partial charge on any atom is -0.497 e. The first-order valence-electron chi connectivity index (χ1n) is 9.11. The lowest BCUT2D eigenvalue weighted by atomic mass is 10.2. The Morgan fingerprint density at radius 3 is 2.36 bits per heavy atom. The van der Waals surface area contributed by atoms with Crippen molar-refractivity contribution in [1.82, 2.24) is 0 Å². The van der Waals surface area contributed by atoms with Crippen molar-refractivity contribution in [2.24, 2.45) is 5.92 Å². The number of sulfonamides is 1. The summed E-state index contributed by atoms with van der Waals surface area (Å²) in [5, 5.41) is 0. The largest absolute Gasteiger partial charge is 0.497 e. The van der Waals surface area contributed by atoms with E-state index in [4.69, 9.17) is 9.47 Å². The van der Waals surface area contributed by atoms with Gasteiger partial charge in [-0.1, -0.05) is 0 Å². The quantitative estimate of drug-likeness (QED) is 0.803. The first kappa shape index (κ1) is 18.6. The molecule has 1 amide bonds. The van der Waals surface area contributed by atoms with E-state index in [1.54, 1.807) is 35.2 Å². The molecule has 0 spiro atoms. The fourth-order valence-electron chi connectivity index (χ4n) is 3.41. The fraction of sp³-hybridized carbons (Fsp3) is 0.350. The Balaban J connectivity index is 1.60. The molecule has 1 heterocycles. The molecular formula is C20H22N2O5S. The number of amides is 1. The van der Waals surface area contributed by atoms with Crippen LogP contribution in [0.1, 0.15) is 18.4 Å². The van der Waals surface area contributed by atoms with Gasteiger partial charge in [0.25, 0.3) is 10.0 Å². The van der Waals surface area contributed by atoms with E-state index in [1.807, 2.05) is 0 Å². The number of nitrogens with one attached hydrogen (secondary N) is 1. The normalized spacial score (nSPS) is 15.9. The van der Waals surface area contributed by atoms with E-state index in [0.29, 0.717) is 30.2 Å². The van der Waals surface area contributed by atoms with Crippen LogP contribution in [0.25, 0.3) is 0 Å². The molecule has 28 heavy (non-hydrogen) atoms. The summed E-state index contributed by atoms with van der Waals surface area (Å²) < 4.78 is 38.7. The summed E-state index contributed by atoms with van der Waals surface area (Å²) in [5.41, 5.74) is 2.04. The number of carbonyl (C=O) groups is 1. The lowest BCUT2D eigenvalue weighted by molar-refractivity contribution is -0.119. The third-order valence-electron chi connectivity index (χ3n) is 5.05. The number of ether oxygens (including phenoxy) is 2. The number of hydrogen-bond acceptors (Lipinski definition) is 5. The van der Waals surface area contributed by atoms with E-state index in [0.717, 1.165) is 24.1 Å². The summed E-state index contributed by atoms with van der Waals surface area (Å²) in [7, 11) is -0.787. The maximum atomic E-state index is 12.9. The number of methoxy groups -OCH3 is 2. The predicted molar refractivity (Wildman–Crippen MR) is 106 cm³/mol. The van der Waals surface area contributed by atoms with Crippen LogP contribution in [0.2, 0.25) is 0 Å². The number of hydrogen-bond donors (Lipinski definition) is 1. The van der Waals surface area contributed by atoms with Crippen LogP contribution in [0.3, 0.4) is 0 Å². The molecule has 8 heteroatoms. The van der Waals surface area contributed by atoms with E-state index in [1.165, 1.54) is 20.3 Å². The Morgan fingerprint density at radius 2 is 1.75 bits per heavy atom. The highest BCUT2D eigenvalue weighted by Gasteiger charge is 2.36. The van der Waals surface area contributed by atoms with Gasteiger partial charge in [0.05, 0.1) is 24.8 Å². The number of carbonyl (C=O) groups excluding carboxylic acids is 1. The molecule has 1 fully saturated rings. The minimum atomic E-state index is -3.79. The van der Waals surface area contributed by atoms with Crippen LogP contribution in [0, 0.1) is 5.92 Å². The zero-order valence-corrected chi connectivity index (χ0v) is 16.6. The third kappa shape index (κ3) is 3.52. The summed E-state index contributed by atoms with van der Waals surface area (Å²) in [6.07, 6.45) is 2.56. The molecule has 0 radical (unpaired) electrons. The number of benzene rings is 2. The summed E-state index contributed by atoms with van der Waals surface area (Å²) in [5.74, 6) is 1.26. The lowest BCUT2D eigenvalue weighted by Gasteiger charge is -2.17. The van der Waals surface area contributed by atoms with Gasteiger partial charge in [-0.05, 0) is 43.0 Å². The molecule has 0 atom stereocenters. The number of rotatable bonds is 6. The smallest absolute Gasteiger partial charge is 0.261 e. The predicted octanol–water partition coefficient (Wildman–Crippen LogP) is 2.80. The van der Waals surface area contributed by atoms with Gasteiger partial charge in [0.15, 0.2) is 0 Å². The second-order valence-electron chi connectivity index (χ2n) is 7.01. The standard InChI is InChI=1S/C20H22N2O5S/c1-26-16-10-15(11-17(12-16)27-2)21-28(24,25)18-5-6-19-14(9-18)7-8-22(19)20(23)13-3-4-13/h5-6,9-13,21H,3-4,7-8H2,1-2H3. The summed E-state index contributed by atoms with van der Waals surface area (Å²) in [6.45, 7) is 0.606. The van der Waals surface area contributed by atoms with Gasteiger partial charge in [0, 0.05) is 36.3 Å². The number of nitrogens with zero attached hydrogens (tertiary/aromatic N) is 1. The molecule has 0 saturated heterocycles. The number of anilines is 2. The maximum Gasteiger partial charge on any atom is 0.261 e. The molecule has 1 aliphatic heterocycles. The summed E-state index contributed by atoms with van der Waals surface area (Å²) >= 11 is 0. The topological polar surface area (TPSA) is 84.9 Å². The van der Waals surface area contributed by atoms with Gasteiger partial charge in [-0.3, -0.25) is 9.52 Å². The van der Waals surface area contributed by atoms with E-state index in [-0.39, 0.29) is 16.7 Å². The molecule has 1 aliphatic carbocycles. The van der Waals surface area contributed by atoms with Crippen LogP contribution in [0.15, 0.2) is 41.3 Å². The molecule has 148 valence electrons. The molecule has 7 nitrogen and oxygen atoms in total. The average Bonchev–Trinajstić information content (AvgIpc) is 3.45. The van der Waals surface area contributed by atoms with Gasteiger partial charge >= 0.3 is 0 Å². The molecule has 1 N–H and O–H groups in total. The highest BCUT2D eigenvalue weighted by atomic mass is 32.2. The number of fused-ring (bicyclic) bond motifs is 1. The van der Waals surface area contributed by atoms with E-state index < -0.39 is 10.0 Å². The molecule has 0 bridgehead atoms. The molecule has 4 rings (SSSR count). The van der Waals surface area contributed by atoms with Gasteiger partial charge in [-0.2, -0.15) is 0 Å². The molecule has 0 unspecified atom stereocenters. The Hall–Kier alpha value is -2.74. The van der Waals surface area contributed by atoms with Crippen molar-refractivity contribution in [1.29, 1.82) is 0 Å². The summed E-state index contributed by atoms with van der Waals surface area (Å²) in [4.78, 5) is 14.3. The zero-order chi connectivity index (χ0) is 19.9.